The number of aromatic nitrogens is 1. The molecule has 0 radical (unpaired) electrons. The number of carbonyl (C=O) groups is 2. The van der Waals surface area contributed by atoms with Crippen molar-refractivity contribution >= 4 is 32.8 Å². The van der Waals surface area contributed by atoms with Crippen molar-refractivity contribution in [1.82, 2.24) is 19.5 Å². The number of carbonyl (C=O) groups excluding carboxylic acids is 1. The van der Waals surface area contributed by atoms with Crippen molar-refractivity contribution in [3.8, 4) is 5.75 Å². The molecule has 1 aliphatic heterocycles. The molecule has 0 aliphatic carbocycles. The number of hydrogen-bond donors (Lipinski definition) is 2. The molecule has 2 N–H and O–H groups in total. The number of ether oxygens (including phenoxy) is 1. The van der Waals surface area contributed by atoms with Gasteiger partial charge in [0.2, 0.25) is 10.0 Å². The molecule has 1 fully saturated rings. The Kier molecular flexibility index (Phi) is 8.06. The molecule has 37 heavy (non-hydrogen) atoms. The van der Waals surface area contributed by atoms with E-state index >= 15 is 0 Å². The van der Waals surface area contributed by atoms with E-state index in [9.17, 15) is 23.1 Å². The van der Waals surface area contributed by atoms with Crippen molar-refractivity contribution in [2.75, 3.05) is 39.0 Å². The summed E-state index contributed by atoms with van der Waals surface area (Å²) in [5.41, 5.74) is 3.21. The molecule has 1 amide bonds. The zero-order chi connectivity index (χ0) is 26.6. The second kappa shape index (κ2) is 11.2. The Bertz CT molecular complexity index is 1390. The van der Waals surface area contributed by atoms with Gasteiger partial charge >= 0.3 is 5.97 Å². The molecular weight excluding hydrogens is 496 g/mol. The van der Waals surface area contributed by atoms with Crippen molar-refractivity contribution in [2.24, 2.45) is 0 Å². The van der Waals surface area contributed by atoms with Crippen LogP contribution >= 0.6 is 0 Å². The second-order valence-corrected chi connectivity index (χ2v) is 11.0. The van der Waals surface area contributed by atoms with E-state index in [1.54, 1.807) is 29.2 Å². The summed E-state index contributed by atoms with van der Waals surface area (Å²) in [6.45, 7) is 3.17. The van der Waals surface area contributed by atoms with Crippen LogP contribution in [0.2, 0.25) is 0 Å². The Hall–Kier alpha value is -3.54. The number of nitrogens with zero attached hydrogens (tertiary/aromatic N) is 3. The standard InChI is InChI=1S/C26H30N4O6S/c1-18-15-20(22-5-3-4-6-23(22)28-18)17-36-21-9-7-19(8-10-21)25(31)27-16-24(26(32)33)29-11-13-30(14-12-29)37(2,34)35/h3-10,15,24H,11-14,16-17H2,1-2H3,(H,27,31)(H,32,33)/t24-/m0/s1. The maximum absolute atomic E-state index is 12.7. The number of benzene rings is 2. The van der Waals surface area contributed by atoms with Crippen LogP contribution in [0.4, 0.5) is 0 Å². The molecule has 1 saturated heterocycles. The minimum atomic E-state index is -3.32. The Morgan fingerprint density at radius 2 is 1.76 bits per heavy atom. The molecule has 1 atom stereocenters. The molecule has 1 aliphatic rings. The average molecular weight is 527 g/mol. The smallest absolute Gasteiger partial charge is 0.322 e. The molecule has 0 saturated carbocycles. The molecule has 0 unspecified atom stereocenters. The molecule has 10 nitrogen and oxygen atoms in total. The summed E-state index contributed by atoms with van der Waals surface area (Å²) < 4.78 is 30.7. The number of pyridine rings is 1. The van der Waals surface area contributed by atoms with Gasteiger partial charge in [0, 0.05) is 54.9 Å². The number of sulfonamides is 1. The number of aliphatic carboxylic acids is 1. The topological polar surface area (TPSA) is 129 Å². The van der Waals surface area contributed by atoms with Crippen LogP contribution < -0.4 is 10.1 Å². The lowest BCUT2D eigenvalue weighted by atomic mass is 10.1. The molecule has 2 heterocycles. The summed E-state index contributed by atoms with van der Waals surface area (Å²) in [6, 6.07) is 15.6. The van der Waals surface area contributed by atoms with Gasteiger partial charge in [0.25, 0.3) is 5.91 Å². The van der Waals surface area contributed by atoms with Gasteiger partial charge in [-0.05, 0) is 43.3 Å². The molecule has 196 valence electrons. The summed E-state index contributed by atoms with van der Waals surface area (Å²) in [5.74, 6) is -0.874. The zero-order valence-electron chi connectivity index (χ0n) is 20.8. The van der Waals surface area contributed by atoms with Crippen LogP contribution in [-0.2, 0) is 21.4 Å². The normalized spacial score (nSPS) is 15.8. The summed E-state index contributed by atoms with van der Waals surface area (Å²) in [5, 5.41) is 13.4. The Morgan fingerprint density at radius 3 is 2.41 bits per heavy atom. The minimum absolute atomic E-state index is 0.0975. The van der Waals surface area contributed by atoms with E-state index in [4.69, 9.17) is 4.74 Å². The molecule has 0 spiro atoms. The van der Waals surface area contributed by atoms with E-state index in [0.717, 1.165) is 28.4 Å². The van der Waals surface area contributed by atoms with Crippen molar-refractivity contribution in [1.29, 1.82) is 0 Å². The van der Waals surface area contributed by atoms with Gasteiger partial charge < -0.3 is 15.2 Å². The van der Waals surface area contributed by atoms with Crippen LogP contribution in [0.5, 0.6) is 5.75 Å². The van der Waals surface area contributed by atoms with Crippen LogP contribution in [0.25, 0.3) is 10.9 Å². The maximum Gasteiger partial charge on any atom is 0.322 e. The Morgan fingerprint density at radius 1 is 1.08 bits per heavy atom. The summed E-state index contributed by atoms with van der Waals surface area (Å²) in [4.78, 5) is 30.7. The average Bonchev–Trinajstić information content (AvgIpc) is 2.87. The minimum Gasteiger partial charge on any atom is -0.489 e. The number of rotatable bonds is 9. The number of aryl methyl sites for hydroxylation is 1. The van der Waals surface area contributed by atoms with Crippen LogP contribution in [0.1, 0.15) is 21.6 Å². The van der Waals surface area contributed by atoms with Gasteiger partial charge in [-0.1, -0.05) is 18.2 Å². The molecule has 4 rings (SSSR count). The molecule has 0 bridgehead atoms. The third-order valence-corrected chi connectivity index (χ3v) is 7.67. The lowest BCUT2D eigenvalue weighted by Crippen LogP contribution is -2.56. The number of carboxylic acid groups (broad SMARTS) is 1. The van der Waals surface area contributed by atoms with Gasteiger partial charge in [-0.25, -0.2) is 8.42 Å². The van der Waals surface area contributed by atoms with Crippen molar-refractivity contribution in [3.63, 3.8) is 0 Å². The first-order valence-electron chi connectivity index (χ1n) is 11.9. The largest absolute Gasteiger partial charge is 0.489 e. The molecule has 1 aromatic heterocycles. The van der Waals surface area contributed by atoms with Crippen molar-refractivity contribution < 1.29 is 27.9 Å². The number of amides is 1. The number of fused-ring (bicyclic) bond motifs is 1. The van der Waals surface area contributed by atoms with Gasteiger partial charge in [0.1, 0.15) is 18.4 Å². The highest BCUT2D eigenvalue weighted by Gasteiger charge is 2.31. The van der Waals surface area contributed by atoms with Crippen LogP contribution in [-0.4, -0.2) is 84.6 Å². The third kappa shape index (κ3) is 6.62. The van der Waals surface area contributed by atoms with E-state index in [-0.39, 0.29) is 32.7 Å². The van der Waals surface area contributed by atoms with Crippen molar-refractivity contribution in [3.05, 3.63) is 71.4 Å². The van der Waals surface area contributed by atoms with E-state index in [1.165, 1.54) is 4.31 Å². The molecule has 11 heteroatoms. The predicted octanol–water partition coefficient (Wildman–Crippen LogP) is 1.88. The zero-order valence-corrected chi connectivity index (χ0v) is 21.6. The number of para-hydroxylation sites is 1. The maximum atomic E-state index is 12.7. The van der Waals surface area contributed by atoms with Gasteiger partial charge in [0.05, 0.1) is 11.8 Å². The van der Waals surface area contributed by atoms with Gasteiger partial charge in [-0.15, -0.1) is 0 Å². The number of carboxylic acids is 1. The number of nitrogens with one attached hydrogen (secondary N) is 1. The van der Waals surface area contributed by atoms with Crippen LogP contribution in [0, 0.1) is 6.92 Å². The van der Waals surface area contributed by atoms with E-state index in [2.05, 4.69) is 10.3 Å². The molecule has 3 aromatic rings. The highest BCUT2D eigenvalue weighted by Crippen LogP contribution is 2.21. The first-order chi connectivity index (χ1) is 17.6. The SMILES string of the molecule is Cc1cc(COc2ccc(C(=O)NC[C@@H](C(=O)O)N3CCN(S(C)(=O)=O)CC3)cc2)c2ccccc2n1. The first kappa shape index (κ1) is 26.5. The quantitative estimate of drug-likeness (QED) is 0.433. The van der Waals surface area contributed by atoms with Gasteiger partial charge in [-0.3, -0.25) is 19.5 Å². The molecular formula is C26H30N4O6S. The second-order valence-electron chi connectivity index (χ2n) is 9.02. The lowest BCUT2D eigenvalue weighted by molar-refractivity contribution is -0.143. The van der Waals surface area contributed by atoms with Gasteiger partial charge in [-0.2, -0.15) is 4.31 Å². The van der Waals surface area contributed by atoms with Crippen LogP contribution in [0.3, 0.4) is 0 Å². The van der Waals surface area contributed by atoms with Crippen LogP contribution in [0.15, 0.2) is 54.6 Å². The summed E-state index contributed by atoms with van der Waals surface area (Å²) in [6.07, 6.45) is 1.13. The fourth-order valence-electron chi connectivity index (χ4n) is 4.39. The van der Waals surface area contributed by atoms with E-state index in [0.29, 0.717) is 17.9 Å². The molecule has 2 aromatic carbocycles. The summed E-state index contributed by atoms with van der Waals surface area (Å²) >= 11 is 0. The predicted molar refractivity (Wildman–Crippen MR) is 139 cm³/mol. The monoisotopic (exact) mass is 526 g/mol. The fraction of sp³-hybridized carbons (Fsp3) is 0.346. The van der Waals surface area contributed by atoms with E-state index < -0.39 is 27.9 Å². The first-order valence-corrected chi connectivity index (χ1v) is 13.7. The van der Waals surface area contributed by atoms with E-state index in [1.807, 2.05) is 37.3 Å². The lowest BCUT2D eigenvalue weighted by Gasteiger charge is -2.36. The Labute approximate surface area is 215 Å². The van der Waals surface area contributed by atoms with Gasteiger partial charge in [0.15, 0.2) is 0 Å². The Balaban J connectivity index is 1.33. The van der Waals surface area contributed by atoms with Crippen molar-refractivity contribution in [2.45, 2.75) is 19.6 Å². The highest BCUT2D eigenvalue weighted by molar-refractivity contribution is 7.88. The number of hydrogen-bond acceptors (Lipinski definition) is 7. The highest BCUT2D eigenvalue weighted by atomic mass is 32.2. The summed E-state index contributed by atoms with van der Waals surface area (Å²) in [7, 11) is -3.32. The fourth-order valence-corrected chi connectivity index (χ4v) is 5.22. The third-order valence-electron chi connectivity index (χ3n) is 6.36. The number of piperazine rings is 1.